The molecule has 1 fully saturated rings. The summed E-state index contributed by atoms with van der Waals surface area (Å²) in [5, 5.41) is 19.3. The van der Waals surface area contributed by atoms with Crippen LogP contribution in [0.4, 0.5) is 0 Å². The zero-order chi connectivity index (χ0) is 15.5. The molecule has 0 radical (unpaired) electrons. The highest BCUT2D eigenvalue weighted by molar-refractivity contribution is 7.12. The van der Waals surface area contributed by atoms with Crippen molar-refractivity contribution in [1.29, 1.82) is 5.26 Å². The molecule has 0 spiro atoms. The Balaban J connectivity index is 1.69. The van der Waals surface area contributed by atoms with Gasteiger partial charge in [0, 0.05) is 22.3 Å². The average Bonchev–Trinajstić information content (AvgIpc) is 3.16. The molecule has 114 valence electrons. The molecule has 0 bridgehead atoms. The fraction of sp³-hybridized carbons (Fsp3) is 0.389. The molecule has 1 aromatic carbocycles. The number of aliphatic hydroxyl groups is 1. The van der Waals surface area contributed by atoms with Crippen molar-refractivity contribution in [3.05, 3.63) is 57.3 Å². The van der Waals surface area contributed by atoms with Crippen molar-refractivity contribution in [2.45, 2.75) is 31.9 Å². The van der Waals surface area contributed by atoms with Crippen LogP contribution in [0.25, 0.3) is 0 Å². The lowest BCUT2D eigenvalue weighted by atomic mass is 10.1. The first-order valence-corrected chi connectivity index (χ1v) is 8.47. The predicted molar refractivity (Wildman–Crippen MR) is 88.7 cm³/mol. The molecule has 3 rings (SSSR count). The number of aliphatic hydroxyl groups excluding tert-OH is 1. The molecular weight excluding hydrogens is 292 g/mol. The third kappa shape index (κ3) is 3.22. The first-order chi connectivity index (χ1) is 10.7. The Morgan fingerprint density at radius 1 is 1.32 bits per heavy atom. The maximum absolute atomic E-state index is 10.5. The molecule has 4 heteroatoms. The standard InChI is InChI=1S/C18H20N2OS/c1-13-4-9-18(22-13)16-3-2-10-20(16)12-17(21)15-7-5-14(11-19)6-8-15/h4-9,16-17,21H,2-3,10,12H2,1H3. The number of hydrogen-bond donors (Lipinski definition) is 1. The van der Waals surface area contributed by atoms with Gasteiger partial charge in [0.05, 0.1) is 17.7 Å². The zero-order valence-electron chi connectivity index (χ0n) is 12.7. The van der Waals surface area contributed by atoms with E-state index in [2.05, 4.69) is 30.0 Å². The summed E-state index contributed by atoms with van der Waals surface area (Å²) in [5.74, 6) is 0. The van der Waals surface area contributed by atoms with E-state index >= 15 is 0 Å². The van der Waals surface area contributed by atoms with Crippen molar-refractivity contribution in [2.75, 3.05) is 13.1 Å². The van der Waals surface area contributed by atoms with Crippen LogP contribution < -0.4 is 0 Å². The van der Waals surface area contributed by atoms with Crippen LogP contribution in [0.15, 0.2) is 36.4 Å². The zero-order valence-corrected chi connectivity index (χ0v) is 13.5. The maximum atomic E-state index is 10.5. The molecule has 2 heterocycles. The van der Waals surface area contributed by atoms with Crippen LogP contribution in [0.2, 0.25) is 0 Å². The van der Waals surface area contributed by atoms with Gasteiger partial charge in [0.25, 0.3) is 0 Å². The van der Waals surface area contributed by atoms with E-state index in [4.69, 9.17) is 5.26 Å². The van der Waals surface area contributed by atoms with Gasteiger partial charge in [0.2, 0.25) is 0 Å². The first-order valence-electron chi connectivity index (χ1n) is 7.66. The van der Waals surface area contributed by atoms with Gasteiger partial charge in [-0.1, -0.05) is 12.1 Å². The molecule has 0 aliphatic carbocycles. The Labute approximate surface area is 135 Å². The van der Waals surface area contributed by atoms with Crippen molar-refractivity contribution in [3.8, 4) is 6.07 Å². The van der Waals surface area contributed by atoms with Crippen molar-refractivity contribution < 1.29 is 5.11 Å². The summed E-state index contributed by atoms with van der Waals surface area (Å²) >= 11 is 1.86. The quantitative estimate of drug-likeness (QED) is 0.934. The smallest absolute Gasteiger partial charge is 0.0991 e. The van der Waals surface area contributed by atoms with E-state index in [0.29, 0.717) is 18.2 Å². The number of aryl methyl sites for hydroxylation is 1. The molecule has 2 unspecified atom stereocenters. The van der Waals surface area contributed by atoms with Crippen LogP contribution in [0, 0.1) is 18.3 Å². The molecule has 0 amide bonds. The Bertz CT molecular complexity index is 671. The summed E-state index contributed by atoms with van der Waals surface area (Å²) < 4.78 is 0. The summed E-state index contributed by atoms with van der Waals surface area (Å²) in [4.78, 5) is 5.13. The molecular formula is C18H20N2OS. The summed E-state index contributed by atoms with van der Waals surface area (Å²) in [6.07, 6.45) is 1.84. The van der Waals surface area contributed by atoms with Gasteiger partial charge in [-0.2, -0.15) is 5.26 Å². The molecule has 1 saturated heterocycles. The third-order valence-corrected chi connectivity index (χ3v) is 5.39. The number of thiophene rings is 1. The monoisotopic (exact) mass is 312 g/mol. The van der Waals surface area contributed by atoms with Gasteiger partial charge >= 0.3 is 0 Å². The summed E-state index contributed by atoms with van der Waals surface area (Å²) in [5.41, 5.74) is 1.51. The fourth-order valence-electron chi connectivity index (χ4n) is 3.11. The average molecular weight is 312 g/mol. The van der Waals surface area contributed by atoms with E-state index in [1.54, 1.807) is 12.1 Å². The molecule has 3 nitrogen and oxygen atoms in total. The second-order valence-corrected chi connectivity index (χ2v) is 7.17. The lowest BCUT2D eigenvalue weighted by Crippen LogP contribution is -2.28. The van der Waals surface area contributed by atoms with Crippen LogP contribution >= 0.6 is 11.3 Å². The van der Waals surface area contributed by atoms with Gasteiger partial charge in [0.15, 0.2) is 0 Å². The molecule has 1 aliphatic heterocycles. The summed E-state index contributed by atoms with van der Waals surface area (Å²) in [7, 11) is 0. The number of nitrogens with zero attached hydrogens (tertiary/aromatic N) is 2. The number of benzene rings is 1. The number of β-amino-alcohol motifs (C(OH)–C–C–N with tert-alkyl or cyclic N) is 1. The highest BCUT2D eigenvalue weighted by Crippen LogP contribution is 2.36. The minimum Gasteiger partial charge on any atom is -0.387 e. The van der Waals surface area contributed by atoms with Gasteiger partial charge in [-0.3, -0.25) is 4.90 Å². The van der Waals surface area contributed by atoms with Crippen molar-refractivity contribution in [2.24, 2.45) is 0 Å². The van der Waals surface area contributed by atoms with E-state index in [9.17, 15) is 5.11 Å². The van der Waals surface area contributed by atoms with Crippen molar-refractivity contribution in [1.82, 2.24) is 4.90 Å². The Hall–Kier alpha value is -1.67. The van der Waals surface area contributed by atoms with Gasteiger partial charge < -0.3 is 5.11 Å². The maximum Gasteiger partial charge on any atom is 0.0991 e. The first kappa shape index (κ1) is 15.2. The number of likely N-dealkylation sites (tertiary alicyclic amines) is 1. The van der Waals surface area contributed by atoms with Crippen molar-refractivity contribution >= 4 is 11.3 Å². The van der Waals surface area contributed by atoms with E-state index in [0.717, 1.165) is 12.1 Å². The Morgan fingerprint density at radius 2 is 2.09 bits per heavy atom. The second kappa shape index (κ2) is 6.62. The normalized spacial score (nSPS) is 20.0. The number of nitriles is 1. The summed E-state index contributed by atoms with van der Waals surface area (Å²) in [6.45, 7) is 3.82. The van der Waals surface area contributed by atoms with Crippen LogP contribution in [-0.4, -0.2) is 23.1 Å². The molecule has 2 aromatic rings. The highest BCUT2D eigenvalue weighted by atomic mass is 32.1. The van der Waals surface area contributed by atoms with Crippen LogP contribution in [0.1, 0.15) is 45.9 Å². The highest BCUT2D eigenvalue weighted by Gasteiger charge is 2.28. The minimum absolute atomic E-state index is 0.437. The van der Waals surface area contributed by atoms with Crippen LogP contribution in [-0.2, 0) is 0 Å². The van der Waals surface area contributed by atoms with E-state index in [1.165, 1.54) is 22.6 Å². The fourth-order valence-corrected chi connectivity index (χ4v) is 4.15. The van der Waals surface area contributed by atoms with Gasteiger partial charge in [-0.05, 0) is 56.1 Å². The third-order valence-electron chi connectivity index (χ3n) is 4.29. The molecule has 1 aliphatic rings. The molecule has 0 saturated carbocycles. The Kier molecular flexibility index (Phi) is 4.58. The van der Waals surface area contributed by atoms with E-state index in [1.807, 2.05) is 23.5 Å². The predicted octanol–water partition coefficient (Wildman–Crippen LogP) is 3.80. The molecule has 2 atom stereocenters. The molecule has 1 N–H and O–H groups in total. The topological polar surface area (TPSA) is 47.3 Å². The van der Waals surface area contributed by atoms with Gasteiger partial charge in [-0.25, -0.2) is 0 Å². The minimum atomic E-state index is -0.505. The second-order valence-electron chi connectivity index (χ2n) is 5.85. The van der Waals surface area contributed by atoms with Crippen molar-refractivity contribution in [3.63, 3.8) is 0 Å². The van der Waals surface area contributed by atoms with E-state index < -0.39 is 6.10 Å². The lowest BCUT2D eigenvalue weighted by Gasteiger charge is -2.26. The molecule has 22 heavy (non-hydrogen) atoms. The number of rotatable bonds is 4. The van der Waals surface area contributed by atoms with Crippen LogP contribution in [0.5, 0.6) is 0 Å². The number of hydrogen-bond acceptors (Lipinski definition) is 4. The van der Waals surface area contributed by atoms with E-state index in [-0.39, 0.29) is 0 Å². The molecule has 1 aromatic heterocycles. The lowest BCUT2D eigenvalue weighted by molar-refractivity contribution is 0.107. The SMILES string of the molecule is Cc1ccc(C2CCCN2CC(O)c2ccc(C#N)cc2)s1. The van der Waals surface area contributed by atoms with Gasteiger partial charge in [0.1, 0.15) is 0 Å². The largest absolute Gasteiger partial charge is 0.387 e. The Morgan fingerprint density at radius 3 is 2.73 bits per heavy atom. The van der Waals surface area contributed by atoms with Gasteiger partial charge in [-0.15, -0.1) is 11.3 Å². The summed E-state index contributed by atoms with van der Waals surface area (Å²) in [6, 6.07) is 14.2. The van der Waals surface area contributed by atoms with Crippen LogP contribution in [0.3, 0.4) is 0 Å².